The van der Waals surface area contributed by atoms with E-state index in [1.807, 2.05) is 0 Å². The molecule has 4 rings (SSSR count). The van der Waals surface area contributed by atoms with Crippen LogP contribution in [-0.2, 0) is 12.8 Å². The van der Waals surface area contributed by atoms with E-state index in [2.05, 4.69) is 59.7 Å². The monoisotopic (exact) mass is 292 g/mol. The number of nitrogens with zero attached hydrogens (tertiary/aromatic N) is 2. The summed E-state index contributed by atoms with van der Waals surface area (Å²) in [5.74, 6) is 4.88. The molecule has 0 radical (unpaired) electrons. The maximum absolute atomic E-state index is 3.42. The number of benzene rings is 1. The zero-order valence-corrected chi connectivity index (χ0v) is 13.6. The molecule has 0 N–H and O–H groups in total. The van der Waals surface area contributed by atoms with Crippen molar-refractivity contribution in [3.8, 4) is 12.0 Å². The van der Waals surface area contributed by atoms with E-state index in [9.17, 15) is 0 Å². The minimum Gasteiger partial charge on any atom is -0.306 e. The highest BCUT2D eigenvalue weighted by Gasteiger charge is 2.32. The van der Waals surface area contributed by atoms with Crippen LogP contribution >= 0.6 is 0 Å². The molecule has 2 bridgehead atoms. The first-order valence-electron chi connectivity index (χ1n) is 8.55. The standard InChI is InChI=1S/C20H24N2/c1-3-4-9-22-19-8-6-5-7-17(19)18-11-15-10-16(12-20(18)22)14-21(2)13-15/h5-8,15-16H,3,10-14H2,1-2H3. The normalized spacial score (nSPS) is 24.5. The summed E-state index contributed by atoms with van der Waals surface area (Å²) in [5, 5.41) is 1.43. The molecule has 22 heavy (non-hydrogen) atoms. The minimum absolute atomic E-state index is 0.788. The van der Waals surface area contributed by atoms with Crippen LogP contribution < -0.4 is 0 Å². The van der Waals surface area contributed by atoms with Crippen LogP contribution in [-0.4, -0.2) is 29.6 Å². The zero-order valence-electron chi connectivity index (χ0n) is 13.6. The van der Waals surface area contributed by atoms with E-state index in [1.165, 1.54) is 48.9 Å². The van der Waals surface area contributed by atoms with Crippen molar-refractivity contribution in [1.82, 2.24) is 9.47 Å². The Kier molecular flexibility index (Phi) is 3.47. The molecule has 1 aliphatic heterocycles. The average Bonchev–Trinajstić information content (AvgIpc) is 2.70. The van der Waals surface area contributed by atoms with Gasteiger partial charge < -0.3 is 4.90 Å². The second kappa shape index (κ2) is 5.48. The van der Waals surface area contributed by atoms with Crippen LogP contribution in [0.5, 0.6) is 0 Å². The fourth-order valence-corrected chi connectivity index (χ4v) is 4.52. The number of piperidine rings is 1. The lowest BCUT2D eigenvalue weighted by Crippen LogP contribution is -2.38. The van der Waals surface area contributed by atoms with Gasteiger partial charge in [-0.1, -0.05) is 31.0 Å². The Labute approximate surface area is 133 Å². The molecule has 2 nitrogen and oxygen atoms in total. The second-order valence-electron chi connectivity index (χ2n) is 7.02. The summed E-state index contributed by atoms with van der Waals surface area (Å²) >= 11 is 0. The van der Waals surface area contributed by atoms with Gasteiger partial charge in [0.2, 0.25) is 0 Å². The van der Waals surface area contributed by atoms with E-state index < -0.39 is 0 Å². The van der Waals surface area contributed by atoms with Gasteiger partial charge in [0.15, 0.2) is 0 Å². The van der Waals surface area contributed by atoms with Gasteiger partial charge in [-0.25, -0.2) is 0 Å². The van der Waals surface area contributed by atoms with Gasteiger partial charge in [0.25, 0.3) is 0 Å². The van der Waals surface area contributed by atoms with Crippen molar-refractivity contribution < 1.29 is 0 Å². The summed E-state index contributed by atoms with van der Waals surface area (Å²) in [7, 11) is 2.28. The summed E-state index contributed by atoms with van der Waals surface area (Å²) in [4.78, 5) is 2.52. The first-order chi connectivity index (χ1) is 10.8. The zero-order chi connectivity index (χ0) is 15.1. The van der Waals surface area contributed by atoms with Crippen LogP contribution in [0, 0.1) is 23.8 Å². The number of hydrogen-bond donors (Lipinski definition) is 0. The first-order valence-corrected chi connectivity index (χ1v) is 8.55. The van der Waals surface area contributed by atoms with Crippen LogP contribution in [0.4, 0.5) is 0 Å². The summed E-state index contributed by atoms with van der Waals surface area (Å²) in [6.45, 7) is 4.61. The van der Waals surface area contributed by atoms with Gasteiger partial charge >= 0.3 is 0 Å². The lowest BCUT2D eigenvalue weighted by Gasteiger charge is -2.33. The second-order valence-corrected chi connectivity index (χ2v) is 7.02. The van der Waals surface area contributed by atoms with Crippen LogP contribution in [0.2, 0.25) is 0 Å². The summed E-state index contributed by atoms with van der Waals surface area (Å²) in [5.41, 5.74) is 4.37. The van der Waals surface area contributed by atoms with Crippen LogP contribution in [0.1, 0.15) is 31.0 Å². The highest BCUT2D eigenvalue weighted by molar-refractivity contribution is 5.86. The van der Waals surface area contributed by atoms with E-state index in [0.717, 1.165) is 18.3 Å². The summed E-state index contributed by atoms with van der Waals surface area (Å²) in [6.07, 6.45) is 4.70. The lowest BCUT2D eigenvalue weighted by molar-refractivity contribution is 0.156. The number of likely N-dealkylation sites (tertiary alicyclic amines) is 1. The average molecular weight is 292 g/mol. The molecule has 2 unspecified atom stereocenters. The third-order valence-electron chi connectivity index (χ3n) is 5.24. The van der Waals surface area contributed by atoms with E-state index >= 15 is 0 Å². The molecule has 0 saturated carbocycles. The Bertz CT molecular complexity index is 759. The summed E-state index contributed by atoms with van der Waals surface area (Å²) in [6, 6.07) is 12.2. The van der Waals surface area contributed by atoms with Crippen molar-refractivity contribution in [3.05, 3.63) is 35.5 Å². The van der Waals surface area contributed by atoms with Crippen LogP contribution in [0.25, 0.3) is 10.9 Å². The maximum atomic E-state index is 3.42. The topological polar surface area (TPSA) is 8.17 Å². The number of rotatable bonds is 0. The van der Waals surface area contributed by atoms with Crippen molar-refractivity contribution >= 4 is 10.9 Å². The highest BCUT2D eigenvalue weighted by Crippen LogP contribution is 2.37. The Hall–Kier alpha value is -1.72. The predicted octanol–water partition coefficient (Wildman–Crippen LogP) is 3.53. The molecule has 1 aromatic heterocycles. The molecular weight excluding hydrogens is 268 g/mol. The molecule has 2 aromatic rings. The molecule has 2 aliphatic rings. The van der Waals surface area contributed by atoms with Crippen molar-refractivity contribution in [3.63, 3.8) is 0 Å². The number of aromatic nitrogens is 1. The van der Waals surface area contributed by atoms with Crippen LogP contribution in [0.15, 0.2) is 24.3 Å². The van der Waals surface area contributed by atoms with E-state index in [0.29, 0.717) is 0 Å². The molecular formula is C20H24N2. The van der Waals surface area contributed by atoms with Crippen molar-refractivity contribution in [1.29, 1.82) is 0 Å². The fraction of sp³-hybridized carbons (Fsp3) is 0.500. The Morgan fingerprint density at radius 2 is 1.91 bits per heavy atom. The van der Waals surface area contributed by atoms with Gasteiger partial charge in [-0.3, -0.25) is 4.57 Å². The van der Waals surface area contributed by atoms with Gasteiger partial charge in [0.05, 0.1) is 5.52 Å². The maximum Gasteiger partial charge on any atom is 0.0617 e. The van der Waals surface area contributed by atoms with E-state index in [-0.39, 0.29) is 0 Å². The number of hydrogen-bond acceptors (Lipinski definition) is 1. The molecule has 1 fully saturated rings. The van der Waals surface area contributed by atoms with Gasteiger partial charge in [0.1, 0.15) is 0 Å². The number of fused-ring (bicyclic) bond motifs is 5. The fourth-order valence-electron chi connectivity index (χ4n) is 4.52. The van der Waals surface area contributed by atoms with Crippen molar-refractivity contribution in [2.75, 3.05) is 20.1 Å². The molecule has 114 valence electrons. The summed E-state index contributed by atoms with van der Waals surface area (Å²) < 4.78 is 2.30. The Balaban J connectivity index is 1.90. The lowest BCUT2D eigenvalue weighted by atomic mass is 9.87. The molecule has 0 amide bonds. The van der Waals surface area contributed by atoms with Crippen LogP contribution in [0.3, 0.4) is 0 Å². The molecule has 1 saturated heterocycles. The number of para-hydroxylation sites is 1. The molecule has 1 aromatic carbocycles. The Morgan fingerprint density at radius 3 is 2.73 bits per heavy atom. The quantitative estimate of drug-likeness (QED) is 0.674. The minimum atomic E-state index is 0.788. The van der Waals surface area contributed by atoms with Crippen molar-refractivity contribution in [2.24, 2.45) is 11.8 Å². The molecule has 0 spiro atoms. The molecule has 2 atom stereocenters. The van der Waals surface area contributed by atoms with Gasteiger partial charge in [-0.05, 0) is 49.8 Å². The first kappa shape index (κ1) is 13.9. The predicted molar refractivity (Wildman–Crippen MR) is 91.9 cm³/mol. The van der Waals surface area contributed by atoms with E-state index in [4.69, 9.17) is 0 Å². The highest BCUT2D eigenvalue weighted by atomic mass is 15.1. The largest absolute Gasteiger partial charge is 0.306 e. The van der Waals surface area contributed by atoms with Crippen molar-refractivity contribution in [2.45, 2.75) is 32.6 Å². The SMILES string of the molecule is CCC#Cn1c2c(c3ccccc31)CC1CC(C2)CN(C)C1. The molecule has 2 heteroatoms. The molecule has 2 heterocycles. The third kappa shape index (κ3) is 2.25. The third-order valence-corrected chi connectivity index (χ3v) is 5.24. The van der Waals surface area contributed by atoms with Gasteiger partial charge in [0, 0.05) is 36.6 Å². The molecule has 1 aliphatic carbocycles. The van der Waals surface area contributed by atoms with E-state index in [1.54, 1.807) is 5.56 Å². The Morgan fingerprint density at radius 1 is 1.14 bits per heavy atom. The smallest absolute Gasteiger partial charge is 0.0617 e. The van der Waals surface area contributed by atoms with Gasteiger partial charge in [-0.15, -0.1) is 0 Å². The van der Waals surface area contributed by atoms with Gasteiger partial charge in [-0.2, -0.15) is 0 Å².